The molecule has 8 heteroatoms. The first-order valence-corrected chi connectivity index (χ1v) is 7.76. The Morgan fingerprint density at radius 2 is 2.00 bits per heavy atom. The highest BCUT2D eigenvalue weighted by Gasteiger charge is 2.09. The maximum atomic E-state index is 11.9. The van der Waals surface area contributed by atoms with Crippen LogP contribution in [-0.4, -0.2) is 21.7 Å². The number of halogens is 1. The third kappa shape index (κ3) is 3.05. The number of hydrogen-bond acceptors (Lipinski definition) is 6. The monoisotopic (exact) mass is 337 g/mol. The van der Waals surface area contributed by atoms with Gasteiger partial charge in [-0.3, -0.25) is 4.79 Å². The second kappa shape index (κ2) is 6.33. The molecule has 0 bridgehead atoms. The zero-order chi connectivity index (χ0) is 15.5. The van der Waals surface area contributed by atoms with Crippen molar-refractivity contribution in [3.8, 4) is 11.5 Å². The SMILES string of the molecule is COc1ccc(OCc2nn3c(=O)cc(CCl)nc3s2)cc1. The molecule has 0 spiro atoms. The van der Waals surface area contributed by atoms with Gasteiger partial charge in [-0.1, -0.05) is 11.3 Å². The zero-order valence-electron chi connectivity index (χ0n) is 11.7. The highest BCUT2D eigenvalue weighted by molar-refractivity contribution is 7.16. The van der Waals surface area contributed by atoms with Crippen molar-refractivity contribution >= 4 is 27.9 Å². The van der Waals surface area contributed by atoms with Gasteiger partial charge in [0.1, 0.15) is 18.1 Å². The third-order valence-corrected chi connectivity index (χ3v) is 4.05. The lowest BCUT2D eigenvalue weighted by molar-refractivity contribution is 0.303. The van der Waals surface area contributed by atoms with Crippen LogP contribution in [0.1, 0.15) is 10.7 Å². The summed E-state index contributed by atoms with van der Waals surface area (Å²) in [4.78, 5) is 16.6. The molecular weight excluding hydrogens is 326 g/mol. The molecule has 1 aromatic carbocycles. The molecule has 0 saturated heterocycles. The highest BCUT2D eigenvalue weighted by Crippen LogP contribution is 2.19. The molecule has 2 heterocycles. The smallest absolute Gasteiger partial charge is 0.275 e. The Bertz CT molecular complexity index is 845. The predicted molar refractivity (Wildman–Crippen MR) is 84.0 cm³/mol. The molecular formula is C14H12ClN3O3S. The van der Waals surface area contributed by atoms with Crippen molar-refractivity contribution in [2.75, 3.05) is 7.11 Å². The van der Waals surface area contributed by atoms with Crippen LogP contribution in [0.3, 0.4) is 0 Å². The van der Waals surface area contributed by atoms with Gasteiger partial charge in [-0.05, 0) is 24.3 Å². The fourth-order valence-electron chi connectivity index (χ4n) is 1.84. The summed E-state index contributed by atoms with van der Waals surface area (Å²) in [6.45, 7) is 0.260. The Labute approximate surface area is 134 Å². The van der Waals surface area contributed by atoms with E-state index >= 15 is 0 Å². The minimum Gasteiger partial charge on any atom is -0.497 e. The lowest BCUT2D eigenvalue weighted by Gasteiger charge is -2.04. The maximum Gasteiger partial charge on any atom is 0.275 e. The van der Waals surface area contributed by atoms with Gasteiger partial charge in [0.2, 0.25) is 4.96 Å². The van der Waals surface area contributed by atoms with Gasteiger partial charge < -0.3 is 9.47 Å². The number of alkyl halides is 1. The largest absolute Gasteiger partial charge is 0.497 e. The number of ether oxygens (including phenoxy) is 2. The molecule has 3 aromatic rings. The van der Waals surface area contributed by atoms with Crippen LogP contribution in [0, 0.1) is 0 Å². The van der Waals surface area contributed by atoms with Gasteiger partial charge in [-0.15, -0.1) is 11.6 Å². The number of fused-ring (bicyclic) bond motifs is 1. The molecule has 0 amide bonds. The zero-order valence-corrected chi connectivity index (χ0v) is 13.2. The van der Waals surface area contributed by atoms with E-state index in [0.29, 0.717) is 21.4 Å². The first-order chi connectivity index (χ1) is 10.7. The van der Waals surface area contributed by atoms with E-state index in [4.69, 9.17) is 21.1 Å². The molecule has 3 rings (SSSR count). The fraction of sp³-hybridized carbons (Fsp3) is 0.214. The van der Waals surface area contributed by atoms with Crippen LogP contribution in [0.4, 0.5) is 0 Å². The third-order valence-electron chi connectivity index (χ3n) is 2.90. The summed E-state index contributed by atoms with van der Waals surface area (Å²) in [5.74, 6) is 1.65. The molecule has 0 unspecified atom stereocenters. The summed E-state index contributed by atoms with van der Waals surface area (Å²) in [5.41, 5.74) is 0.297. The Morgan fingerprint density at radius 3 is 2.68 bits per heavy atom. The average molecular weight is 338 g/mol. The Morgan fingerprint density at radius 1 is 1.27 bits per heavy atom. The number of rotatable bonds is 5. The Kier molecular flexibility index (Phi) is 4.26. The summed E-state index contributed by atoms with van der Waals surface area (Å²) < 4.78 is 12.0. The van der Waals surface area contributed by atoms with Crippen molar-refractivity contribution in [2.24, 2.45) is 0 Å². The van der Waals surface area contributed by atoms with Gasteiger partial charge in [0, 0.05) is 6.07 Å². The molecule has 114 valence electrons. The van der Waals surface area contributed by atoms with Gasteiger partial charge >= 0.3 is 0 Å². The average Bonchev–Trinajstić information content (AvgIpc) is 2.97. The van der Waals surface area contributed by atoms with Gasteiger partial charge in [0.25, 0.3) is 5.56 Å². The minimum absolute atomic E-state index is 0.196. The van der Waals surface area contributed by atoms with E-state index in [1.807, 2.05) is 24.3 Å². The van der Waals surface area contributed by atoms with Crippen LogP contribution < -0.4 is 15.0 Å². The van der Waals surface area contributed by atoms with E-state index in [2.05, 4.69) is 10.1 Å². The van der Waals surface area contributed by atoms with Crippen molar-refractivity contribution in [3.63, 3.8) is 0 Å². The molecule has 0 aliphatic heterocycles. The standard InChI is InChI=1S/C14H12ClN3O3S/c1-20-10-2-4-11(5-3-10)21-8-12-17-18-13(19)6-9(7-15)16-14(18)22-12/h2-6H,7-8H2,1H3. The first-order valence-electron chi connectivity index (χ1n) is 6.41. The van der Waals surface area contributed by atoms with Crippen LogP contribution in [0.5, 0.6) is 11.5 Å². The Balaban J connectivity index is 1.78. The summed E-state index contributed by atoms with van der Waals surface area (Å²) in [6.07, 6.45) is 0. The summed E-state index contributed by atoms with van der Waals surface area (Å²) in [5, 5.41) is 4.86. The van der Waals surface area contributed by atoms with Gasteiger partial charge in [-0.25, -0.2) is 4.98 Å². The van der Waals surface area contributed by atoms with Gasteiger partial charge in [-0.2, -0.15) is 9.61 Å². The number of aromatic nitrogens is 3. The first kappa shape index (κ1) is 14.8. The van der Waals surface area contributed by atoms with E-state index in [0.717, 1.165) is 5.75 Å². The van der Waals surface area contributed by atoms with Gasteiger partial charge in [0.05, 0.1) is 18.7 Å². The molecule has 22 heavy (non-hydrogen) atoms. The number of methoxy groups -OCH3 is 1. The number of hydrogen-bond donors (Lipinski definition) is 0. The molecule has 6 nitrogen and oxygen atoms in total. The second-order valence-corrected chi connectivity index (χ2v) is 5.68. The topological polar surface area (TPSA) is 65.7 Å². The summed E-state index contributed by atoms with van der Waals surface area (Å²) >= 11 is 7.01. The predicted octanol–water partition coefficient (Wildman–Crippen LogP) is 2.48. The normalized spacial score (nSPS) is 10.8. The quantitative estimate of drug-likeness (QED) is 0.669. The summed E-state index contributed by atoms with van der Waals surface area (Å²) in [7, 11) is 1.61. The van der Waals surface area contributed by atoms with Crippen molar-refractivity contribution in [1.29, 1.82) is 0 Å². The molecule has 0 N–H and O–H groups in total. The lowest BCUT2D eigenvalue weighted by Crippen LogP contribution is -2.15. The van der Waals surface area contributed by atoms with Crippen molar-refractivity contribution in [1.82, 2.24) is 14.6 Å². The molecule has 2 aromatic heterocycles. The van der Waals surface area contributed by atoms with E-state index in [-0.39, 0.29) is 18.0 Å². The molecule has 0 atom stereocenters. The molecule has 0 aliphatic carbocycles. The van der Waals surface area contributed by atoms with Gasteiger partial charge in [0.15, 0.2) is 5.01 Å². The second-order valence-electron chi connectivity index (χ2n) is 4.37. The number of nitrogens with zero attached hydrogens (tertiary/aromatic N) is 3. The summed E-state index contributed by atoms with van der Waals surface area (Å²) in [6, 6.07) is 8.62. The van der Waals surface area contributed by atoms with Crippen molar-refractivity contribution < 1.29 is 9.47 Å². The Hall–Kier alpha value is -2.12. The van der Waals surface area contributed by atoms with Crippen LogP contribution in [0.25, 0.3) is 4.96 Å². The van der Waals surface area contributed by atoms with Crippen molar-refractivity contribution in [2.45, 2.75) is 12.5 Å². The minimum atomic E-state index is -0.243. The van der Waals surface area contributed by atoms with E-state index in [1.165, 1.54) is 21.9 Å². The van der Waals surface area contributed by atoms with Crippen LogP contribution in [0.2, 0.25) is 0 Å². The van der Waals surface area contributed by atoms with Crippen LogP contribution >= 0.6 is 22.9 Å². The highest BCUT2D eigenvalue weighted by atomic mass is 35.5. The molecule has 0 saturated carbocycles. The van der Waals surface area contributed by atoms with E-state index in [9.17, 15) is 4.79 Å². The maximum absolute atomic E-state index is 11.9. The van der Waals surface area contributed by atoms with Crippen LogP contribution in [0.15, 0.2) is 35.1 Å². The lowest BCUT2D eigenvalue weighted by atomic mass is 10.3. The molecule has 0 aliphatic rings. The van der Waals surface area contributed by atoms with Crippen molar-refractivity contribution in [3.05, 3.63) is 51.4 Å². The van der Waals surface area contributed by atoms with Crippen LogP contribution in [-0.2, 0) is 12.5 Å². The van der Waals surface area contributed by atoms with E-state index in [1.54, 1.807) is 7.11 Å². The van der Waals surface area contributed by atoms with E-state index < -0.39 is 0 Å². The number of benzene rings is 1. The molecule has 0 radical (unpaired) electrons. The molecule has 0 fully saturated rings. The fourth-order valence-corrected chi connectivity index (χ4v) is 2.81.